The van der Waals surface area contributed by atoms with E-state index in [2.05, 4.69) is 4.90 Å². The topological polar surface area (TPSA) is 66.2 Å². The van der Waals surface area contributed by atoms with Gasteiger partial charge in [-0.1, -0.05) is 0 Å². The largest absolute Gasteiger partial charge is 0.497 e. The number of methoxy groups -OCH3 is 1. The Labute approximate surface area is 153 Å². The van der Waals surface area contributed by atoms with Gasteiger partial charge in [0.1, 0.15) is 11.3 Å². The van der Waals surface area contributed by atoms with Crippen LogP contribution in [0, 0.1) is 6.92 Å². The first kappa shape index (κ1) is 18.3. The van der Waals surface area contributed by atoms with E-state index in [-0.39, 0.29) is 24.1 Å². The normalized spacial score (nSPS) is 15.3. The molecule has 0 unspecified atom stereocenters. The van der Waals surface area contributed by atoms with Crippen LogP contribution >= 0.6 is 0 Å². The molecule has 0 atom stereocenters. The second-order valence-electron chi connectivity index (χ2n) is 6.76. The van der Waals surface area contributed by atoms with Gasteiger partial charge in [0.15, 0.2) is 5.76 Å². The summed E-state index contributed by atoms with van der Waals surface area (Å²) in [7, 11) is 5.26. The molecule has 140 valence electrons. The average Bonchev–Trinajstić information content (AvgIpc) is 2.97. The Morgan fingerprint density at radius 1 is 1.23 bits per heavy atom. The summed E-state index contributed by atoms with van der Waals surface area (Å²) in [6, 6.07) is 5.42. The van der Waals surface area contributed by atoms with Crippen LogP contribution in [-0.2, 0) is 4.79 Å². The number of fused-ring (bicyclic) bond motifs is 1. The molecule has 3 rings (SSSR count). The molecular weight excluding hydrogens is 334 g/mol. The third-order valence-corrected chi connectivity index (χ3v) is 4.91. The van der Waals surface area contributed by atoms with Crippen LogP contribution in [0.5, 0.6) is 5.75 Å². The molecule has 1 aliphatic rings. The molecule has 0 radical (unpaired) electrons. The minimum absolute atomic E-state index is 0.0376. The number of furan rings is 1. The molecule has 0 spiro atoms. The number of carbonyl (C=O) groups excluding carboxylic acids is 2. The molecule has 1 saturated heterocycles. The van der Waals surface area contributed by atoms with Gasteiger partial charge in [-0.2, -0.15) is 0 Å². The zero-order valence-electron chi connectivity index (χ0n) is 15.7. The number of likely N-dealkylation sites (N-methyl/N-ethyl adjacent to an activating group) is 2. The Morgan fingerprint density at radius 3 is 2.58 bits per heavy atom. The molecule has 7 nitrogen and oxygen atoms in total. The third kappa shape index (κ3) is 3.53. The minimum Gasteiger partial charge on any atom is -0.497 e. The van der Waals surface area contributed by atoms with Crippen LogP contribution in [0.1, 0.15) is 16.1 Å². The van der Waals surface area contributed by atoms with E-state index in [4.69, 9.17) is 9.15 Å². The van der Waals surface area contributed by atoms with Gasteiger partial charge in [0.2, 0.25) is 5.91 Å². The van der Waals surface area contributed by atoms with Crippen molar-refractivity contribution in [3.63, 3.8) is 0 Å². The van der Waals surface area contributed by atoms with E-state index < -0.39 is 0 Å². The van der Waals surface area contributed by atoms with E-state index in [1.54, 1.807) is 31.2 Å². The third-order valence-electron chi connectivity index (χ3n) is 4.91. The lowest BCUT2D eigenvalue weighted by Gasteiger charge is -2.33. The van der Waals surface area contributed by atoms with E-state index in [0.29, 0.717) is 24.4 Å². The van der Waals surface area contributed by atoms with E-state index in [0.717, 1.165) is 24.0 Å². The summed E-state index contributed by atoms with van der Waals surface area (Å²) < 4.78 is 11.0. The molecule has 2 heterocycles. The number of hydrogen-bond donors (Lipinski definition) is 0. The zero-order chi connectivity index (χ0) is 18.8. The van der Waals surface area contributed by atoms with Gasteiger partial charge in [0, 0.05) is 44.2 Å². The first-order chi connectivity index (χ1) is 12.4. The molecule has 7 heteroatoms. The molecule has 0 saturated carbocycles. The Balaban J connectivity index is 1.73. The van der Waals surface area contributed by atoms with Crippen LogP contribution in [0.25, 0.3) is 11.0 Å². The minimum atomic E-state index is -0.292. The summed E-state index contributed by atoms with van der Waals surface area (Å²) in [6.45, 7) is 4.99. The summed E-state index contributed by atoms with van der Waals surface area (Å²) in [5.41, 5.74) is 1.38. The van der Waals surface area contributed by atoms with Gasteiger partial charge < -0.3 is 23.9 Å². The lowest BCUT2D eigenvalue weighted by molar-refractivity contribution is -0.133. The molecule has 0 aliphatic carbocycles. The molecule has 0 N–H and O–H groups in total. The number of piperazine rings is 1. The molecule has 26 heavy (non-hydrogen) atoms. The highest BCUT2D eigenvalue weighted by molar-refractivity contribution is 6.00. The molecule has 2 aromatic rings. The van der Waals surface area contributed by atoms with Crippen LogP contribution in [0.2, 0.25) is 0 Å². The van der Waals surface area contributed by atoms with E-state index in [1.807, 2.05) is 20.0 Å². The van der Waals surface area contributed by atoms with Gasteiger partial charge in [-0.05, 0) is 32.2 Å². The maximum absolute atomic E-state index is 12.8. The number of carbonyl (C=O) groups is 2. The Hall–Kier alpha value is -2.54. The molecule has 2 amide bonds. The maximum atomic E-state index is 12.8. The summed E-state index contributed by atoms with van der Waals surface area (Å²) >= 11 is 0. The van der Waals surface area contributed by atoms with Crippen LogP contribution in [-0.4, -0.2) is 80.4 Å². The van der Waals surface area contributed by atoms with Gasteiger partial charge in [-0.3, -0.25) is 9.59 Å². The summed E-state index contributed by atoms with van der Waals surface area (Å²) in [6.07, 6.45) is 0. The summed E-state index contributed by atoms with van der Waals surface area (Å²) in [4.78, 5) is 30.6. The fraction of sp³-hybridized carbons (Fsp3) is 0.474. The van der Waals surface area contributed by atoms with Crippen molar-refractivity contribution in [3.05, 3.63) is 29.5 Å². The second-order valence-corrected chi connectivity index (χ2v) is 6.76. The highest BCUT2D eigenvalue weighted by atomic mass is 16.5. The van der Waals surface area contributed by atoms with E-state index in [9.17, 15) is 9.59 Å². The van der Waals surface area contributed by atoms with Crippen molar-refractivity contribution >= 4 is 22.8 Å². The number of nitrogens with zero attached hydrogens (tertiary/aromatic N) is 3. The smallest absolute Gasteiger partial charge is 0.290 e. The van der Waals surface area contributed by atoms with Crippen LogP contribution in [0.15, 0.2) is 22.6 Å². The number of benzene rings is 1. The lowest BCUT2D eigenvalue weighted by Crippen LogP contribution is -2.50. The average molecular weight is 359 g/mol. The van der Waals surface area contributed by atoms with Gasteiger partial charge in [0.05, 0.1) is 13.7 Å². The molecule has 0 bridgehead atoms. The lowest BCUT2D eigenvalue weighted by atomic mass is 10.1. The first-order valence-electron chi connectivity index (χ1n) is 8.69. The Kier molecular flexibility index (Phi) is 5.18. The predicted octanol–water partition coefficient (Wildman–Crippen LogP) is 1.60. The van der Waals surface area contributed by atoms with Crippen molar-refractivity contribution in [2.24, 2.45) is 0 Å². The fourth-order valence-corrected chi connectivity index (χ4v) is 3.13. The number of ether oxygens (including phenoxy) is 1. The quantitative estimate of drug-likeness (QED) is 0.830. The Bertz CT molecular complexity index is 822. The van der Waals surface area contributed by atoms with Gasteiger partial charge in [-0.15, -0.1) is 0 Å². The van der Waals surface area contributed by atoms with E-state index in [1.165, 1.54) is 4.90 Å². The highest BCUT2D eigenvalue weighted by Crippen LogP contribution is 2.29. The highest BCUT2D eigenvalue weighted by Gasteiger charge is 2.25. The molecule has 1 fully saturated rings. The first-order valence-corrected chi connectivity index (χ1v) is 8.69. The molecule has 1 aliphatic heterocycles. The second kappa shape index (κ2) is 7.37. The zero-order valence-corrected chi connectivity index (χ0v) is 15.7. The van der Waals surface area contributed by atoms with Crippen molar-refractivity contribution in [1.29, 1.82) is 0 Å². The standard InChI is InChI=1S/C19H25N3O4/c1-13-15-11-14(25-4)5-6-16(15)26-18(13)19(24)21(3)12-17(23)22-9-7-20(2)8-10-22/h5-6,11H,7-10,12H2,1-4H3. The summed E-state index contributed by atoms with van der Waals surface area (Å²) in [5.74, 6) is 0.644. The van der Waals surface area contributed by atoms with Crippen LogP contribution < -0.4 is 4.74 Å². The maximum Gasteiger partial charge on any atom is 0.290 e. The Morgan fingerprint density at radius 2 is 1.92 bits per heavy atom. The number of hydrogen-bond acceptors (Lipinski definition) is 5. The van der Waals surface area contributed by atoms with Crippen molar-refractivity contribution in [3.8, 4) is 5.75 Å². The SMILES string of the molecule is COc1ccc2oc(C(=O)N(C)CC(=O)N3CCN(C)CC3)c(C)c2c1. The van der Waals surface area contributed by atoms with Crippen molar-refractivity contribution < 1.29 is 18.7 Å². The molecule has 1 aromatic carbocycles. The number of rotatable bonds is 4. The van der Waals surface area contributed by atoms with Gasteiger partial charge in [0.25, 0.3) is 5.91 Å². The van der Waals surface area contributed by atoms with Crippen LogP contribution in [0.3, 0.4) is 0 Å². The van der Waals surface area contributed by atoms with Gasteiger partial charge in [-0.25, -0.2) is 0 Å². The number of aryl methyl sites for hydroxylation is 1. The van der Waals surface area contributed by atoms with Crippen molar-refractivity contribution in [2.75, 3.05) is 53.9 Å². The number of amides is 2. The predicted molar refractivity (Wildman–Crippen MR) is 98.5 cm³/mol. The monoisotopic (exact) mass is 359 g/mol. The van der Waals surface area contributed by atoms with Gasteiger partial charge >= 0.3 is 0 Å². The van der Waals surface area contributed by atoms with E-state index >= 15 is 0 Å². The van der Waals surface area contributed by atoms with Crippen LogP contribution in [0.4, 0.5) is 0 Å². The van der Waals surface area contributed by atoms with Crippen molar-refractivity contribution in [2.45, 2.75) is 6.92 Å². The molecular formula is C19H25N3O4. The fourth-order valence-electron chi connectivity index (χ4n) is 3.13. The van der Waals surface area contributed by atoms with Crippen molar-refractivity contribution in [1.82, 2.24) is 14.7 Å². The summed E-state index contributed by atoms with van der Waals surface area (Å²) in [5, 5.41) is 0.839. The molecule has 1 aromatic heterocycles.